The minimum Gasteiger partial charge on any atom is -0.464 e. The molecular weight excluding hydrogens is 327 g/mol. The molecule has 3 rings (SSSR count). The number of ketones is 1. The summed E-state index contributed by atoms with van der Waals surface area (Å²) < 4.78 is 24.4. The molecule has 0 radical (unpaired) electrons. The SMILES string of the molecule is CC(=O)[C@@H]1C(=O)OC[C@@]1(c1ccc(F)cc1)C1(C)OC(=O)C(C)=C1C. The molecule has 1 fully saturated rings. The summed E-state index contributed by atoms with van der Waals surface area (Å²) in [6, 6.07) is 5.52. The quantitative estimate of drug-likeness (QED) is 0.621. The first-order valence-corrected chi connectivity index (χ1v) is 7.99. The van der Waals surface area contributed by atoms with Gasteiger partial charge in [-0.3, -0.25) is 9.59 Å². The van der Waals surface area contributed by atoms with Crippen molar-refractivity contribution < 1.29 is 28.2 Å². The van der Waals surface area contributed by atoms with Gasteiger partial charge in [0.25, 0.3) is 0 Å². The van der Waals surface area contributed by atoms with Crippen LogP contribution in [0.4, 0.5) is 4.39 Å². The monoisotopic (exact) mass is 346 g/mol. The Balaban J connectivity index is 2.32. The maximum absolute atomic E-state index is 13.4. The number of ether oxygens (including phenoxy) is 2. The standard InChI is InChI=1S/C19H19FO5/c1-10-11(2)18(4,25-16(10)22)19(13-5-7-14(20)8-6-13)9-24-17(23)15(19)12(3)21/h5-8,15H,9H2,1-4H3/t15-,18?,19+/m1/s1. The number of cyclic esters (lactones) is 2. The highest BCUT2D eigenvalue weighted by Crippen LogP contribution is 2.54. The van der Waals surface area contributed by atoms with Crippen molar-refractivity contribution in [2.24, 2.45) is 5.92 Å². The van der Waals surface area contributed by atoms with Crippen molar-refractivity contribution in [3.8, 4) is 0 Å². The minimum atomic E-state index is -1.26. The second-order valence-corrected chi connectivity index (χ2v) is 6.80. The van der Waals surface area contributed by atoms with E-state index in [0.717, 1.165) is 0 Å². The number of carbonyl (C=O) groups excluding carboxylic acids is 3. The molecule has 132 valence electrons. The van der Waals surface area contributed by atoms with Crippen LogP contribution in [0.3, 0.4) is 0 Å². The van der Waals surface area contributed by atoms with Crippen molar-refractivity contribution in [1.82, 2.24) is 0 Å². The van der Waals surface area contributed by atoms with Crippen LogP contribution in [-0.4, -0.2) is 29.9 Å². The molecule has 2 heterocycles. The molecular formula is C19H19FO5. The third kappa shape index (κ3) is 2.16. The Morgan fingerprint density at radius 3 is 2.28 bits per heavy atom. The van der Waals surface area contributed by atoms with Gasteiger partial charge < -0.3 is 9.47 Å². The lowest BCUT2D eigenvalue weighted by Gasteiger charge is -2.44. The number of hydrogen-bond donors (Lipinski definition) is 0. The van der Waals surface area contributed by atoms with Crippen LogP contribution in [-0.2, 0) is 29.3 Å². The molecule has 25 heavy (non-hydrogen) atoms. The molecule has 2 aliphatic heterocycles. The summed E-state index contributed by atoms with van der Waals surface area (Å²) in [6.45, 7) is 6.24. The number of hydrogen-bond acceptors (Lipinski definition) is 5. The maximum Gasteiger partial charge on any atom is 0.334 e. The lowest BCUT2D eigenvalue weighted by molar-refractivity contribution is -0.156. The zero-order valence-corrected chi connectivity index (χ0v) is 14.5. The Morgan fingerprint density at radius 2 is 1.80 bits per heavy atom. The molecule has 6 heteroatoms. The van der Waals surface area contributed by atoms with Gasteiger partial charge in [0.05, 0.1) is 5.41 Å². The smallest absolute Gasteiger partial charge is 0.334 e. The van der Waals surface area contributed by atoms with E-state index in [1.54, 1.807) is 20.8 Å². The van der Waals surface area contributed by atoms with E-state index in [1.807, 2.05) is 0 Å². The maximum atomic E-state index is 13.4. The molecule has 5 nitrogen and oxygen atoms in total. The predicted molar refractivity (Wildman–Crippen MR) is 86.1 cm³/mol. The van der Waals surface area contributed by atoms with E-state index in [-0.39, 0.29) is 12.4 Å². The number of esters is 2. The van der Waals surface area contributed by atoms with Crippen LogP contribution in [0.15, 0.2) is 35.4 Å². The molecule has 1 saturated heterocycles. The Bertz CT molecular complexity index is 810. The topological polar surface area (TPSA) is 69.7 Å². The van der Waals surface area contributed by atoms with E-state index in [4.69, 9.17) is 9.47 Å². The largest absolute Gasteiger partial charge is 0.464 e. The van der Waals surface area contributed by atoms with Crippen molar-refractivity contribution in [2.75, 3.05) is 6.61 Å². The van der Waals surface area contributed by atoms with E-state index in [9.17, 15) is 18.8 Å². The molecule has 0 bridgehead atoms. The third-order valence-corrected chi connectivity index (χ3v) is 5.67. The van der Waals surface area contributed by atoms with Crippen molar-refractivity contribution >= 4 is 17.7 Å². The molecule has 0 aromatic heterocycles. The van der Waals surface area contributed by atoms with Crippen LogP contribution in [0.1, 0.15) is 33.3 Å². The Morgan fingerprint density at radius 1 is 1.20 bits per heavy atom. The van der Waals surface area contributed by atoms with Crippen LogP contribution in [0, 0.1) is 11.7 Å². The fourth-order valence-corrected chi connectivity index (χ4v) is 4.03. The highest BCUT2D eigenvalue weighted by Gasteiger charge is 2.67. The molecule has 0 N–H and O–H groups in total. The van der Waals surface area contributed by atoms with Crippen LogP contribution < -0.4 is 0 Å². The summed E-state index contributed by atoms with van der Waals surface area (Å²) in [4.78, 5) is 36.9. The van der Waals surface area contributed by atoms with Crippen LogP contribution in [0.25, 0.3) is 0 Å². The summed E-state index contributed by atoms with van der Waals surface area (Å²) in [5.74, 6) is -3.13. The van der Waals surface area contributed by atoms with Gasteiger partial charge in [0.2, 0.25) is 0 Å². The molecule has 1 aromatic rings. The highest BCUT2D eigenvalue weighted by atomic mass is 19.1. The predicted octanol–water partition coefficient (Wildman–Crippen LogP) is 2.48. The van der Waals surface area contributed by atoms with Crippen molar-refractivity contribution in [1.29, 1.82) is 0 Å². The average Bonchev–Trinajstić information content (AvgIpc) is 3.01. The van der Waals surface area contributed by atoms with Crippen molar-refractivity contribution in [2.45, 2.75) is 38.7 Å². The van der Waals surface area contributed by atoms with E-state index in [2.05, 4.69) is 0 Å². The van der Waals surface area contributed by atoms with Crippen molar-refractivity contribution in [3.63, 3.8) is 0 Å². The fraction of sp³-hybridized carbons (Fsp3) is 0.421. The first kappa shape index (κ1) is 17.3. The molecule has 0 aliphatic carbocycles. The molecule has 1 unspecified atom stereocenters. The first-order chi connectivity index (χ1) is 11.6. The van der Waals surface area contributed by atoms with E-state index in [1.165, 1.54) is 31.2 Å². The van der Waals surface area contributed by atoms with Gasteiger partial charge in [-0.2, -0.15) is 0 Å². The zero-order chi connectivity index (χ0) is 18.6. The number of halogens is 1. The molecule has 2 aliphatic rings. The van der Waals surface area contributed by atoms with Gasteiger partial charge in [-0.05, 0) is 51.0 Å². The highest BCUT2D eigenvalue weighted by molar-refractivity contribution is 6.02. The Labute approximate surface area is 144 Å². The van der Waals surface area contributed by atoms with Gasteiger partial charge >= 0.3 is 11.9 Å². The second-order valence-electron chi connectivity index (χ2n) is 6.80. The summed E-state index contributed by atoms with van der Waals surface area (Å²) in [5.41, 5.74) is -0.920. The second kappa shape index (κ2) is 5.51. The molecule has 0 saturated carbocycles. The zero-order valence-electron chi connectivity index (χ0n) is 14.5. The Kier molecular flexibility index (Phi) is 3.82. The molecule has 1 aromatic carbocycles. The first-order valence-electron chi connectivity index (χ1n) is 7.99. The molecule has 3 atom stereocenters. The van der Waals surface area contributed by atoms with Gasteiger partial charge in [0.1, 0.15) is 29.7 Å². The van der Waals surface area contributed by atoms with Gasteiger partial charge in [-0.1, -0.05) is 12.1 Å². The van der Waals surface area contributed by atoms with Gasteiger partial charge in [0.15, 0.2) is 0 Å². The lowest BCUT2D eigenvalue weighted by atomic mass is 9.59. The van der Waals surface area contributed by atoms with Gasteiger partial charge in [0, 0.05) is 5.57 Å². The average molecular weight is 346 g/mol. The van der Waals surface area contributed by atoms with Crippen LogP contribution in [0.2, 0.25) is 0 Å². The lowest BCUT2D eigenvalue weighted by Crippen LogP contribution is -2.57. The summed E-state index contributed by atoms with van der Waals surface area (Å²) in [5, 5.41) is 0. The Hall–Kier alpha value is -2.50. The van der Waals surface area contributed by atoms with E-state index < -0.39 is 34.7 Å². The summed E-state index contributed by atoms with van der Waals surface area (Å²) in [7, 11) is 0. The molecule has 0 amide bonds. The van der Waals surface area contributed by atoms with Gasteiger partial charge in [-0.25, -0.2) is 9.18 Å². The third-order valence-electron chi connectivity index (χ3n) is 5.67. The minimum absolute atomic E-state index is 0.129. The number of rotatable bonds is 3. The van der Waals surface area contributed by atoms with E-state index in [0.29, 0.717) is 16.7 Å². The van der Waals surface area contributed by atoms with E-state index >= 15 is 0 Å². The number of benzene rings is 1. The summed E-state index contributed by atoms with van der Waals surface area (Å²) in [6.07, 6.45) is 0. The van der Waals surface area contributed by atoms with Crippen LogP contribution in [0.5, 0.6) is 0 Å². The molecule has 0 spiro atoms. The normalized spacial score (nSPS) is 32.0. The fourth-order valence-electron chi connectivity index (χ4n) is 4.03. The van der Waals surface area contributed by atoms with Gasteiger partial charge in [-0.15, -0.1) is 0 Å². The summed E-state index contributed by atoms with van der Waals surface area (Å²) >= 11 is 0. The van der Waals surface area contributed by atoms with Crippen molar-refractivity contribution in [3.05, 3.63) is 46.8 Å². The van der Waals surface area contributed by atoms with Crippen LogP contribution >= 0.6 is 0 Å². The number of Topliss-reactive ketones (excluding diaryl/α,β-unsaturated/α-hetero) is 1. The number of carbonyl (C=O) groups is 3.